The normalized spacial score (nSPS) is 23.8. The first-order valence-electron chi connectivity index (χ1n) is 15.5. The van der Waals surface area contributed by atoms with Crippen LogP contribution in [0.15, 0.2) is 53.7 Å². The maximum absolute atomic E-state index is 14.2. The summed E-state index contributed by atoms with van der Waals surface area (Å²) >= 11 is 0. The van der Waals surface area contributed by atoms with Crippen molar-refractivity contribution in [3.63, 3.8) is 0 Å². The van der Waals surface area contributed by atoms with Gasteiger partial charge in [-0.2, -0.15) is 0 Å². The number of likely N-dealkylation sites (tertiary alicyclic amines) is 1. The Morgan fingerprint density at radius 3 is 1.98 bits per heavy atom. The molecule has 2 aliphatic carbocycles. The van der Waals surface area contributed by atoms with E-state index in [4.69, 9.17) is 9.57 Å². The first-order valence-corrected chi connectivity index (χ1v) is 15.5. The van der Waals surface area contributed by atoms with Crippen molar-refractivity contribution in [2.45, 2.75) is 90.1 Å². The number of halogens is 2. The highest BCUT2D eigenvalue weighted by Crippen LogP contribution is 2.48. The molecule has 0 radical (unpaired) electrons. The number of carbonyl (C=O) groups excluding carboxylic acids is 3. The number of aliphatic carboxylic acids is 1. The maximum Gasteiger partial charge on any atom is 0.408 e. The van der Waals surface area contributed by atoms with Crippen LogP contribution in [0.25, 0.3) is 11.1 Å². The number of amides is 3. The van der Waals surface area contributed by atoms with Gasteiger partial charge in [0.15, 0.2) is 0 Å². The number of nitrogens with one attached hydrogen (secondary N) is 2. The molecule has 0 aromatic heterocycles. The van der Waals surface area contributed by atoms with Crippen molar-refractivity contribution in [1.82, 2.24) is 15.5 Å². The first kappa shape index (κ1) is 33.8. The van der Waals surface area contributed by atoms with Gasteiger partial charge in [-0.05, 0) is 43.7 Å². The Kier molecular flexibility index (Phi) is 8.80. The average Bonchev–Trinajstić information content (AvgIpc) is 3.42. The number of hydrogen-bond donors (Lipinski definition) is 3. The Hall–Kier alpha value is -4.55. The fourth-order valence-electron chi connectivity index (χ4n) is 6.16. The van der Waals surface area contributed by atoms with Crippen LogP contribution in [-0.4, -0.2) is 81.9 Å². The van der Waals surface area contributed by atoms with E-state index in [-0.39, 0.29) is 13.0 Å². The second kappa shape index (κ2) is 12.2. The average molecular weight is 655 g/mol. The molecule has 11 nitrogen and oxygen atoms in total. The molecule has 2 fully saturated rings. The predicted molar refractivity (Wildman–Crippen MR) is 168 cm³/mol. The van der Waals surface area contributed by atoms with Gasteiger partial charge in [0, 0.05) is 17.5 Å². The van der Waals surface area contributed by atoms with E-state index in [0.717, 1.165) is 22.3 Å². The monoisotopic (exact) mass is 654 g/mol. The summed E-state index contributed by atoms with van der Waals surface area (Å²) in [7, 11) is 0. The number of alkyl halides is 2. The minimum Gasteiger partial charge on any atom is -0.479 e. The van der Waals surface area contributed by atoms with Gasteiger partial charge in [-0.1, -0.05) is 74.5 Å². The molecular formula is C34H40F2N4O7. The lowest BCUT2D eigenvalue weighted by Gasteiger charge is -2.35. The minimum atomic E-state index is -2.96. The van der Waals surface area contributed by atoms with Gasteiger partial charge in [0.05, 0.1) is 12.5 Å². The van der Waals surface area contributed by atoms with Crippen molar-refractivity contribution in [2.24, 2.45) is 16.5 Å². The van der Waals surface area contributed by atoms with Crippen LogP contribution in [0.1, 0.15) is 65.5 Å². The van der Waals surface area contributed by atoms with E-state index < -0.39 is 77.4 Å². The van der Waals surface area contributed by atoms with Crippen molar-refractivity contribution in [3.05, 3.63) is 59.7 Å². The van der Waals surface area contributed by atoms with Gasteiger partial charge in [-0.3, -0.25) is 9.59 Å². The van der Waals surface area contributed by atoms with Crippen LogP contribution in [0, 0.1) is 11.3 Å². The Bertz CT molecular complexity index is 1570. The fraction of sp³-hybridized carbons (Fsp3) is 0.500. The zero-order valence-corrected chi connectivity index (χ0v) is 27.2. The van der Waals surface area contributed by atoms with E-state index >= 15 is 0 Å². The van der Waals surface area contributed by atoms with Gasteiger partial charge in [-0.15, -0.1) is 0 Å². The van der Waals surface area contributed by atoms with E-state index in [1.165, 1.54) is 4.90 Å². The Balaban J connectivity index is 1.44. The number of alkyl carbamates (subject to hydrolysis) is 1. The molecule has 0 spiro atoms. The highest BCUT2D eigenvalue weighted by Gasteiger charge is 2.66. The molecule has 1 aliphatic heterocycles. The standard InChI is InChI=1S/C34H40F2N4O7/c1-32(2,3)26(37-31(45)46-33(4,5)6)29(42)40-17-18(15-24(40)28(41)38-34(30(43)44)16-23(34)27(35)36)47-39-25-21-13-9-7-11-19(21)20-12-8-10-14-22(20)25/h7-14,18,23-24,26-27H,15-17H2,1-6H3,(H,37,45)(H,38,41)(H,43,44)/t18-,23+,24?,26-,34+/m1/s1. The van der Waals surface area contributed by atoms with Crippen LogP contribution in [0.5, 0.6) is 0 Å². The number of benzene rings is 2. The summed E-state index contributed by atoms with van der Waals surface area (Å²) in [6.45, 7) is 10.1. The van der Waals surface area contributed by atoms with Crippen molar-refractivity contribution in [1.29, 1.82) is 0 Å². The zero-order valence-electron chi connectivity index (χ0n) is 27.2. The summed E-state index contributed by atoms with van der Waals surface area (Å²) < 4.78 is 32.5. The molecule has 1 heterocycles. The SMILES string of the molecule is CC(C)(C)OC(=O)N[C@H](C(=O)N1C[C@H](ON=C2c3ccccc3-c3ccccc32)CC1C(=O)N[C@@]1(C(=O)O)C[C@H]1C(F)F)C(C)(C)C. The summed E-state index contributed by atoms with van der Waals surface area (Å²) in [5.74, 6) is -4.70. The van der Waals surface area contributed by atoms with Gasteiger partial charge < -0.3 is 30.2 Å². The third-order valence-electron chi connectivity index (χ3n) is 8.62. The van der Waals surface area contributed by atoms with Crippen molar-refractivity contribution in [2.75, 3.05) is 6.54 Å². The molecule has 3 amide bonds. The third kappa shape index (κ3) is 6.79. The molecule has 3 aliphatic rings. The number of carbonyl (C=O) groups is 4. The third-order valence-corrected chi connectivity index (χ3v) is 8.62. The summed E-state index contributed by atoms with van der Waals surface area (Å²) in [6.07, 6.45) is -5.17. The lowest BCUT2D eigenvalue weighted by Crippen LogP contribution is -2.59. The first-order chi connectivity index (χ1) is 21.9. The van der Waals surface area contributed by atoms with Crippen LogP contribution in [0.2, 0.25) is 0 Å². The van der Waals surface area contributed by atoms with E-state index in [9.17, 15) is 33.1 Å². The summed E-state index contributed by atoms with van der Waals surface area (Å²) in [5.41, 5.74) is 0.367. The van der Waals surface area contributed by atoms with Crippen molar-refractivity contribution >= 4 is 29.6 Å². The molecule has 3 N–H and O–H groups in total. The highest BCUT2D eigenvalue weighted by molar-refractivity contribution is 6.24. The quantitative estimate of drug-likeness (QED) is 0.302. The van der Waals surface area contributed by atoms with Crippen LogP contribution >= 0.6 is 0 Å². The highest BCUT2D eigenvalue weighted by atomic mass is 19.3. The van der Waals surface area contributed by atoms with E-state index in [1.54, 1.807) is 41.5 Å². The Morgan fingerprint density at radius 1 is 0.957 bits per heavy atom. The van der Waals surface area contributed by atoms with Gasteiger partial charge in [0.25, 0.3) is 0 Å². The summed E-state index contributed by atoms with van der Waals surface area (Å²) in [6, 6.07) is 12.9. The Morgan fingerprint density at radius 2 is 1.51 bits per heavy atom. The van der Waals surface area contributed by atoms with E-state index in [0.29, 0.717) is 5.71 Å². The number of rotatable bonds is 8. The minimum absolute atomic E-state index is 0.101. The van der Waals surface area contributed by atoms with Crippen molar-refractivity contribution < 1.29 is 42.6 Å². The molecular weight excluding hydrogens is 614 g/mol. The number of oxime groups is 1. The molecule has 5 rings (SSSR count). The van der Waals surface area contributed by atoms with Crippen LogP contribution < -0.4 is 10.6 Å². The van der Waals surface area contributed by atoms with Crippen molar-refractivity contribution in [3.8, 4) is 11.1 Å². The second-order valence-corrected chi connectivity index (χ2v) is 14.4. The molecule has 1 saturated heterocycles. The Labute approximate surface area is 271 Å². The second-order valence-electron chi connectivity index (χ2n) is 14.4. The van der Waals surface area contributed by atoms with Crippen LogP contribution in [-0.2, 0) is 24.0 Å². The van der Waals surface area contributed by atoms with Gasteiger partial charge >= 0.3 is 12.1 Å². The van der Waals surface area contributed by atoms with E-state index in [1.807, 2.05) is 48.5 Å². The zero-order chi connectivity index (χ0) is 34.5. The van der Waals surface area contributed by atoms with Gasteiger partial charge in [-0.25, -0.2) is 18.4 Å². The van der Waals surface area contributed by atoms with Crippen LogP contribution in [0.4, 0.5) is 13.6 Å². The largest absolute Gasteiger partial charge is 0.479 e. The number of fused-ring (bicyclic) bond motifs is 3. The van der Waals surface area contributed by atoms with Gasteiger partial charge in [0.1, 0.15) is 35.0 Å². The smallest absolute Gasteiger partial charge is 0.408 e. The summed E-state index contributed by atoms with van der Waals surface area (Å²) in [4.78, 5) is 59.8. The maximum atomic E-state index is 14.2. The van der Waals surface area contributed by atoms with E-state index in [2.05, 4.69) is 15.8 Å². The lowest BCUT2D eigenvalue weighted by atomic mass is 9.85. The topological polar surface area (TPSA) is 147 Å². The number of nitrogens with zero attached hydrogens (tertiary/aromatic N) is 2. The molecule has 2 aromatic rings. The van der Waals surface area contributed by atoms with Gasteiger partial charge in [0.2, 0.25) is 18.2 Å². The molecule has 2 aromatic carbocycles. The number of ether oxygens (including phenoxy) is 1. The number of hydrogen-bond acceptors (Lipinski definition) is 7. The number of carboxylic acids is 1. The molecule has 1 unspecified atom stereocenters. The predicted octanol–water partition coefficient (Wildman–Crippen LogP) is 4.57. The molecule has 1 saturated carbocycles. The lowest BCUT2D eigenvalue weighted by molar-refractivity contribution is -0.147. The fourth-order valence-corrected chi connectivity index (χ4v) is 6.16. The molecule has 13 heteroatoms. The molecule has 47 heavy (non-hydrogen) atoms. The molecule has 5 atom stereocenters. The number of carboxylic acid groups (broad SMARTS) is 1. The molecule has 252 valence electrons. The summed E-state index contributed by atoms with van der Waals surface area (Å²) in [5, 5.41) is 19.2. The van der Waals surface area contributed by atoms with Crippen LogP contribution in [0.3, 0.4) is 0 Å². The molecule has 0 bridgehead atoms.